The Bertz CT molecular complexity index is 437. The van der Waals surface area contributed by atoms with E-state index in [4.69, 9.17) is 27.9 Å². The van der Waals surface area contributed by atoms with Gasteiger partial charge in [0, 0.05) is 18.6 Å². The van der Waals surface area contributed by atoms with E-state index < -0.39 is 6.10 Å². The van der Waals surface area contributed by atoms with Crippen LogP contribution >= 0.6 is 23.2 Å². The fourth-order valence-electron chi connectivity index (χ4n) is 1.63. The van der Waals surface area contributed by atoms with Gasteiger partial charge < -0.3 is 9.64 Å². The smallest absolute Gasteiger partial charge is 0.263 e. The van der Waals surface area contributed by atoms with E-state index in [1.165, 1.54) is 0 Å². The van der Waals surface area contributed by atoms with Crippen LogP contribution in [-0.2, 0) is 4.79 Å². The van der Waals surface area contributed by atoms with Crippen LogP contribution in [0.2, 0.25) is 10.0 Å². The molecule has 0 spiro atoms. The van der Waals surface area contributed by atoms with E-state index in [-0.39, 0.29) is 5.91 Å². The monoisotopic (exact) mass is 303 g/mol. The Morgan fingerprint density at radius 3 is 2.68 bits per heavy atom. The lowest BCUT2D eigenvalue weighted by molar-refractivity contribution is -0.136. The SMILES string of the molecule is CCCCN(C)C(=O)C(C)Oc1ccc(Cl)cc1Cl. The van der Waals surface area contributed by atoms with Crippen molar-refractivity contribution in [3.63, 3.8) is 0 Å². The second-order valence-electron chi connectivity index (χ2n) is 4.45. The molecule has 1 amide bonds. The third-order valence-corrected chi connectivity index (χ3v) is 3.30. The number of ether oxygens (including phenoxy) is 1. The fourth-order valence-corrected chi connectivity index (χ4v) is 2.08. The molecule has 0 fully saturated rings. The van der Waals surface area contributed by atoms with Crippen LogP contribution in [0.5, 0.6) is 5.75 Å². The molecule has 1 aromatic carbocycles. The Morgan fingerprint density at radius 2 is 2.11 bits per heavy atom. The highest BCUT2D eigenvalue weighted by atomic mass is 35.5. The summed E-state index contributed by atoms with van der Waals surface area (Å²) < 4.78 is 5.58. The van der Waals surface area contributed by atoms with Crippen LogP contribution in [-0.4, -0.2) is 30.5 Å². The molecule has 0 aliphatic heterocycles. The van der Waals surface area contributed by atoms with Gasteiger partial charge in [0.15, 0.2) is 6.10 Å². The Balaban J connectivity index is 2.63. The zero-order valence-corrected chi connectivity index (χ0v) is 13.0. The summed E-state index contributed by atoms with van der Waals surface area (Å²) in [4.78, 5) is 13.7. The second kappa shape index (κ2) is 7.61. The van der Waals surface area contributed by atoms with Gasteiger partial charge in [0.2, 0.25) is 0 Å². The Morgan fingerprint density at radius 1 is 1.42 bits per heavy atom. The van der Waals surface area contributed by atoms with Crippen LogP contribution in [0.1, 0.15) is 26.7 Å². The van der Waals surface area contributed by atoms with Gasteiger partial charge in [-0.2, -0.15) is 0 Å². The Labute approximate surface area is 124 Å². The molecule has 0 bridgehead atoms. The van der Waals surface area contributed by atoms with Crippen molar-refractivity contribution in [1.82, 2.24) is 4.90 Å². The average Bonchev–Trinajstić information content (AvgIpc) is 2.38. The van der Waals surface area contributed by atoms with E-state index in [0.717, 1.165) is 19.4 Å². The zero-order valence-electron chi connectivity index (χ0n) is 11.5. The van der Waals surface area contributed by atoms with Gasteiger partial charge in [-0.05, 0) is 31.5 Å². The maximum Gasteiger partial charge on any atom is 0.263 e. The molecule has 3 nitrogen and oxygen atoms in total. The van der Waals surface area contributed by atoms with Crippen molar-refractivity contribution in [1.29, 1.82) is 0 Å². The summed E-state index contributed by atoms with van der Waals surface area (Å²) in [5.41, 5.74) is 0. The number of rotatable bonds is 6. The average molecular weight is 304 g/mol. The van der Waals surface area contributed by atoms with E-state index >= 15 is 0 Å². The lowest BCUT2D eigenvalue weighted by Gasteiger charge is -2.22. The lowest BCUT2D eigenvalue weighted by Crippen LogP contribution is -2.38. The minimum Gasteiger partial charge on any atom is -0.479 e. The molecule has 0 saturated carbocycles. The summed E-state index contributed by atoms with van der Waals surface area (Å²) in [7, 11) is 1.78. The van der Waals surface area contributed by atoms with Gasteiger partial charge in [-0.3, -0.25) is 4.79 Å². The van der Waals surface area contributed by atoms with Crippen molar-refractivity contribution in [2.45, 2.75) is 32.8 Å². The van der Waals surface area contributed by atoms with E-state index in [0.29, 0.717) is 15.8 Å². The molecule has 0 aliphatic rings. The maximum atomic E-state index is 12.1. The largest absolute Gasteiger partial charge is 0.479 e. The maximum absolute atomic E-state index is 12.1. The normalized spacial score (nSPS) is 12.1. The number of halogens is 2. The molecule has 0 heterocycles. The number of hydrogen-bond donors (Lipinski definition) is 0. The molecule has 1 atom stereocenters. The summed E-state index contributed by atoms with van der Waals surface area (Å²) in [6.07, 6.45) is 1.47. The molecule has 1 rings (SSSR count). The predicted octanol–water partition coefficient (Wildman–Crippen LogP) is 4.02. The predicted molar refractivity (Wildman–Crippen MR) is 79.1 cm³/mol. The number of unbranched alkanes of at least 4 members (excludes halogenated alkanes) is 1. The Kier molecular flexibility index (Phi) is 6.46. The number of carbonyl (C=O) groups is 1. The summed E-state index contributed by atoms with van der Waals surface area (Å²) in [6.45, 7) is 4.54. The minimum atomic E-state index is -0.569. The van der Waals surface area contributed by atoms with Crippen LogP contribution in [0.4, 0.5) is 0 Å². The third kappa shape index (κ3) is 4.92. The minimum absolute atomic E-state index is 0.0560. The van der Waals surface area contributed by atoms with Gasteiger partial charge in [0.1, 0.15) is 5.75 Å². The molecule has 106 valence electrons. The molecule has 0 aliphatic carbocycles. The first-order valence-electron chi connectivity index (χ1n) is 6.32. The first-order chi connectivity index (χ1) is 8.95. The van der Waals surface area contributed by atoms with Gasteiger partial charge in [-0.15, -0.1) is 0 Å². The van der Waals surface area contributed by atoms with E-state index in [1.54, 1.807) is 37.1 Å². The fraction of sp³-hybridized carbons (Fsp3) is 0.500. The highest BCUT2D eigenvalue weighted by Gasteiger charge is 2.19. The second-order valence-corrected chi connectivity index (χ2v) is 5.29. The summed E-state index contributed by atoms with van der Waals surface area (Å²) in [6, 6.07) is 4.94. The van der Waals surface area contributed by atoms with E-state index in [1.807, 2.05) is 0 Å². The summed E-state index contributed by atoms with van der Waals surface area (Å²) in [5.74, 6) is 0.412. The molecule has 0 saturated heterocycles. The first kappa shape index (κ1) is 16.1. The quantitative estimate of drug-likeness (QED) is 0.794. The molecule has 1 unspecified atom stereocenters. The van der Waals surface area contributed by atoms with E-state index in [2.05, 4.69) is 6.92 Å². The Hall–Kier alpha value is -0.930. The van der Waals surface area contributed by atoms with Crippen molar-refractivity contribution in [2.75, 3.05) is 13.6 Å². The lowest BCUT2D eigenvalue weighted by atomic mass is 10.3. The van der Waals surface area contributed by atoms with Gasteiger partial charge in [-0.25, -0.2) is 0 Å². The number of nitrogens with zero attached hydrogens (tertiary/aromatic N) is 1. The van der Waals surface area contributed by atoms with Crippen LogP contribution in [0.15, 0.2) is 18.2 Å². The molecule has 5 heteroatoms. The molecule has 1 aromatic rings. The number of carbonyl (C=O) groups excluding carboxylic acids is 1. The standard InChI is InChI=1S/C14H19Cl2NO2/c1-4-5-8-17(3)14(18)10(2)19-13-7-6-11(15)9-12(13)16/h6-7,9-10H,4-5,8H2,1-3H3. The highest BCUT2D eigenvalue weighted by Crippen LogP contribution is 2.28. The van der Waals surface area contributed by atoms with E-state index in [9.17, 15) is 4.79 Å². The van der Waals surface area contributed by atoms with Crippen molar-refractivity contribution in [3.8, 4) is 5.75 Å². The number of likely N-dealkylation sites (N-methyl/N-ethyl adjacent to an activating group) is 1. The van der Waals surface area contributed by atoms with Crippen molar-refractivity contribution in [2.24, 2.45) is 0 Å². The highest BCUT2D eigenvalue weighted by molar-refractivity contribution is 6.35. The molecule has 19 heavy (non-hydrogen) atoms. The number of hydrogen-bond acceptors (Lipinski definition) is 2. The molecule has 0 N–H and O–H groups in total. The molecule has 0 radical (unpaired) electrons. The molecule has 0 aromatic heterocycles. The zero-order chi connectivity index (χ0) is 14.4. The molecular formula is C14H19Cl2NO2. The van der Waals surface area contributed by atoms with Crippen molar-refractivity contribution in [3.05, 3.63) is 28.2 Å². The van der Waals surface area contributed by atoms with Gasteiger partial charge in [0.05, 0.1) is 5.02 Å². The number of amides is 1. The molecular weight excluding hydrogens is 285 g/mol. The first-order valence-corrected chi connectivity index (χ1v) is 7.08. The van der Waals surface area contributed by atoms with Gasteiger partial charge in [-0.1, -0.05) is 36.5 Å². The van der Waals surface area contributed by atoms with Crippen LogP contribution in [0, 0.1) is 0 Å². The van der Waals surface area contributed by atoms with Crippen molar-refractivity contribution >= 4 is 29.1 Å². The van der Waals surface area contributed by atoms with Gasteiger partial charge in [0.25, 0.3) is 5.91 Å². The van der Waals surface area contributed by atoms with Crippen LogP contribution in [0.3, 0.4) is 0 Å². The van der Waals surface area contributed by atoms with Crippen molar-refractivity contribution < 1.29 is 9.53 Å². The van der Waals surface area contributed by atoms with Crippen LogP contribution in [0.25, 0.3) is 0 Å². The van der Waals surface area contributed by atoms with Gasteiger partial charge >= 0.3 is 0 Å². The summed E-state index contributed by atoms with van der Waals surface area (Å²) in [5, 5.41) is 0.944. The van der Waals surface area contributed by atoms with Crippen LogP contribution < -0.4 is 4.74 Å². The topological polar surface area (TPSA) is 29.5 Å². The summed E-state index contributed by atoms with van der Waals surface area (Å²) >= 11 is 11.8. The third-order valence-electron chi connectivity index (χ3n) is 2.77. The number of benzene rings is 1.